The lowest BCUT2D eigenvalue weighted by Gasteiger charge is -2.44. The summed E-state index contributed by atoms with van der Waals surface area (Å²) in [6.07, 6.45) is 6.71. The fourth-order valence-electron chi connectivity index (χ4n) is 4.92. The molecule has 2 N–H and O–H groups in total. The maximum atomic E-state index is 11.2. The van der Waals surface area contributed by atoms with Gasteiger partial charge in [-0.1, -0.05) is 90.1 Å². The maximum Gasteiger partial charge on any atom is 0.134 e. The number of rotatable bonds is 2. The molecule has 2 heterocycles. The molecule has 0 aromatic heterocycles. The first-order chi connectivity index (χ1) is 16.9. The van der Waals surface area contributed by atoms with Crippen molar-refractivity contribution in [3.8, 4) is 11.5 Å². The molecule has 36 heavy (non-hydrogen) atoms. The van der Waals surface area contributed by atoms with E-state index in [4.69, 9.17) is 9.47 Å². The van der Waals surface area contributed by atoms with Gasteiger partial charge >= 0.3 is 0 Å². The van der Waals surface area contributed by atoms with Crippen molar-refractivity contribution in [1.29, 1.82) is 0 Å². The van der Waals surface area contributed by atoms with E-state index in [2.05, 4.69) is 41.5 Å². The second kappa shape index (κ2) is 8.79. The zero-order chi connectivity index (χ0) is 25.8. The maximum absolute atomic E-state index is 11.2. The lowest BCUT2D eigenvalue weighted by molar-refractivity contribution is -0.109. The van der Waals surface area contributed by atoms with Crippen LogP contribution in [0.4, 0.5) is 0 Å². The van der Waals surface area contributed by atoms with Crippen molar-refractivity contribution in [2.75, 3.05) is 0 Å². The Morgan fingerprint density at radius 3 is 1.33 bits per heavy atom. The molecule has 0 unspecified atom stereocenters. The molecular formula is C32H36O4. The van der Waals surface area contributed by atoms with Crippen LogP contribution in [0.25, 0.3) is 11.1 Å². The van der Waals surface area contributed by atoms with E-state index < -0.39 is 12.2 Å². The van der Waals surface area contributed by atoms with E-state index in [1.807, 2.05) is 72.8 Å². The average Bonchev–Trinajstić information content (AvgIpc) is 2.84. The third-order valence-corrected chi connectivity index (χ3v) is 7.21. The van der Waals surface area contributed by atoms with Crippen molar-refractivity contribution in [3.05, 3.63) is 95.5 Å². The summed E-state index contributed by atoms with van der Waals surface area (Å²) in [4.78, 5) is 0. The number of hydrogen-bond acceptors (Lipinski definition) is 4. The molecule has 5 rings (SSSR count). The van der Waals surface area contributed by atoms with Crippen LogP contribution in [0, 0.1) is 22.7 Å². The molecule has 4 heteroatoms. The average molecular weight is 485 g/mol. The van der Waals surface area contributed by atoms with E-state index in [1.165, 1.54) is 0 Å². The van der Waals surface area contributed by atoms with Crippen molar-refractivity contribution in [2.24, 2.45) is 22.7 Å². The minimum Gasteiger partial charge on any atom is -0.461 e. The molecule has 1 fully saturated rings. The molecule has 2 aromatic carbocycles. The van der Waals surface area contributed by atoms with Crippen molar-refractivity contribution in [3.63, 3.8) is 0 Å². The highest BCUT2D eigenvalue weighted by atomic mass is 16.5. The summed E-state index contributed by atoms with van der Waals surface area (Å²) in [6, 6.07) is 15.8. The van der Waals surface area contributed by atoms with Crippen LogP contribution in [-0.4, -0.2) is 22.4 Å². The van der Waals surface area contributed by atoms with Gasteiger partial charge in [-0.15, -0.1) is 0 Å². The van der Waals surface area contributed by atoms with E-state index in [-0.39, 0.29) is 22.7 Å². The molecule has 0 bridgehead atoms. The first-order valence-electron chi connectivity index (χ1n) is 12.7. The van der Waals surface area contributed by atoms with Crippen LogP contribution >= 0.6 is 0 Å². The van der Waals surface area contributed by atoms with Gasteiger partial charge in [-0.2, -0.15) is 0 Å². The summed E-state index contributed by atoms with van der Waals surface area (Å²) >= 11 is 0. The molecular weight excluding hydrogens is 448 g/mol. The standard InChI is InChI=1S/C32H36O4/c1-31(2,3)27-17-19(21-11-7-9-13-25(21)35-27)15-23-29(33)24(30(23)34)16-20-18-28(32(4,5)6)36-26-14-10-8-12-22(20)26/h7-18,23-24,29-30,33-34H,1-6H3/b19-15+,20-16+/t23-,24+,29?,30?. The zero-order valence-corrected chi connectivity index (χ0v) is 21.9. The van der Waals surface area contributed by atoms with Crippen LogP contribution in [0.2, 0.25) is 0 Å². The number of benzene rings is 2. The van der Waals surface area contributed by atoms with E-state index in [0.717, 1.165) is 45.3 Å². The molecule has 2 aliphatic heterocycles. The van der Waals surface area contributed by atoms with Crippen LogP contribution in [0.1, 0.15) is 52.7 Å². The van der Waals surface area contributed by atoms with E-state index >= 15 is 0 Å². The zero-order valence-electron chi connectivity index (χ0n) is 21.9. The summed E-state index contributed by atoms with van der Waals surface area (Å²) in [5.41, 5.74) is 3.57. The minimum absolute atomic E-state index is 0.163. The van der Waals surface area contributed by atoms with Gasteiger partial charge in [0.05, 0.1) is 12.2 Å². The Morgan fingerprint density at radius 2 is 0.972 bits per heavy atom. The van der Waals surface area contributed by atoms with Crippen molar-refractivity contribution in [1.82, 2.24) is 0 Å². The molecule has 1 aliphatic carbocycles. The van der Waals surface area contributed by atoms with Gasteiger partial charge in [0.15, 0.2) is 0 Å². The second-order valence-electron chi connectivity index (χ2n) is 12.1. The van der Waals surface area contributed by atoms with Crippen molar-refractivity contribution in [2.45, 2.75) is 53.8 Å². The lowest BCUT2D eigenvalue weighted by Crippen LogP contribution is -2.53. The summed E-state index contributed by atoms with van der Waals surface area (Å²) in [7, 11) is 0. The molecule has 0 amide bonds. The SMILES string of the molecule is CC(C)(C)C1=C/C(=C\[C@H]2C(O)[C@@H](/C=C3\C=C(C(C)(C)C)Oc4ccccc43)C2O)c2ccccc2O1. The highest BCUT2D eigenvalue weighted by Crippen LogP contribution is 2.46. The predicted octanol–water partition coefficient (Wildman–Crippen LogP) is 6.77. The quantitative estimate of drug-likeness (QED) is 0.494. The van der Waals surface area contributed by atoms with Gasteiger partial charge in [-0.05, 0) is 35.4 Å². The fraction of sp³-hybridized carbons (Fsp3) is 0.375. The van der Waals surface area contributed by atoms with Gasteiger partial charge in [0.2, 0.25) is 0 Å². The number of ether oxygens (including phenoxy) is 2. The Labute approximate surface area is 214 Å². The summed E-state index contributed by atoms with van der Waals surface area (Å²) in [5, 5.41) is 22.4. The van der Waals surface area contributed by atoms with E-state index in [9.17, 15) is 10.2 Å². The molecule has 0 spiro atoms. The van der Waals surface area contributed by atoms with Crippen LogP contribution < -0.4 is 9.47 Å². The predicted molar refractivity (Wildman–Crippen MR) is 144 cm³/mol. The Balaban J connectivity index is 1.48. The molecule has 188 valence electrons. The Hall–Kier alpha value is -3.08. The number of fused-ring (bicyclic) bond motifs is 2. The van der Waals surface area contributed by atoms with E-state index in [1.54, 1.807) is 0 Å². The van der Waals surface area contributed by atoms with Gasteiger partial charge in [-0.25, -0.2) is 0 Å². The minimum atomic E-state index is -0.692. The number of allylic oxidation sites excluding steroid dienone is 6. The summed E-state index contributed by atoms with van der Waals surface area (Å²) in [5.74, 6) is 2.60. The first kappa shape index (κ1) is 24.6. The molecule has 2 aromatic rings. The third kappa shape index (κ3) is 4.44. The highest BCUT2D eigenvalue weighted by Gasteiger charge is 2.47. The van der Waals surface area contributed by atoms with Gasteiger partial charge < -0.3 is 19.7 Å². The number of hydrogen-bond donors (Lipinski definition) is 2. The second-order valence-corrected chi connectivity index (χ2v) is 12.1. The number of aliphatic hydroxyl groups is 2. The number of aliphatic hydroxyl groups excluding tert-OH is 2. The van der Waals surface area contributed by atoms with Crippen LogP contribution in [-0.2, 0) is 0 Å². The topological polar surface area (TPSA) is 58.9 Å². The number of para-hydroxylation sites is 2. The summed E-state index contributed by atoms with van der Waals surface area (Å²) < 4.78 is 12.3. The normalized spacial score (nSPS) is 27.8. The molecule has 3 aliphatic rings. The molecule has 1 saturated carbocycles. The Bertz CT molecular complexity index is 1190. The monoisotopic (exact) mass is 484 g/mol. The van der Waals surface area contributed by atoms with Gasteiger partial charge in [0.1, 0.15) is 23.0 Å². The van der Waals surface area contributed by atoms with Crippen molar-refractivity contribution < 1.29 is 19.7 Å². The van der Waals surface area contributed by atoms with Gasteiger partial charge in [-0.3, -0.25) is 0 Å². The Morgan fingerprint density at radius 1 is 0.611 bits per heavy atom. The lowest BCUT2D eigenvalue weighted by atomic mass is 9.67. The van der Waals surface area contributed by atoms with Crippen LogP contribution in [0.15, 0.2) is 84.4 Å². The molecule has 0 atom stereocenters. The Kier molecular flexibility index (Phi) is 6.01. The van der Waals surface area contributed by atoms with Crippen molar-refractivity contribution >= 4 is 11.1 Å². The molecule has 0 radical (unpaired) electrons. The smallest absolute Gasteiger partial charge is 0.134 e. The molecule has 4 nitrogen and oxygen atoms in total. The third-order valence-electron chi connectivity index (χ3n) is 7.21. The van der Waals surface area contributed by atoms with Crippen LogP contribution in [0.5, 0.6) is 11.5 Å². The largest absolute Gasteiger partial charge is 0.461 e. The fourth-order valence-corrected chi connectivity index (χ4v) is 4.92. The van der Waals surface area contributed by atoms with Gasteiger partial charge in [0, 0.05) is 33.8 Å². The summed E-state index contributed by atoms with van der Waals surface area (Å²) in [6.45, 7) is 12.7. The van der Waals surface area contributed by atoms with Crippen LogP contribution in [0.3, 0.4) is 0 Å². The first-order valence-corrected chi connectivity index (χ1v) is 12.7. The highest BCUT2D eigenvalue weighted by molar-refractivity contribution is 5.82. The van der Waals surface area contributed by atoms with Gasteiger partial charge in [0.25, 0.3) is 0 Å². The van der Waals surface area contributed by atoms with E-state index in [0.29, 0.717) is 0 Å². The molecule has 0 saturated heterocycles.